The topological polar surface area (TPSA) is 30.5 Å². The van der Waals surface area contributed by atoms with Gasteiger partial charge in [-0.1, -0.05) is 34.1 Å². The van der Waals surface area contributed by atoms with E-state index < -0.39 is 0 Å². The Balaban J connectivity index is 1.45. The third kappa shape index (κ3) is 3.93. The fourth-order valence-corrected chi connectivity index (χ4v) is 3.37. The summed E-state index contributed by atoms with van der Waals surface area (Å²) in [5.74, 6) is 2.69. The lowest BCUT2D eigenvalue weighted by atomic mass is 10.2. The minimum absolute atomic E-state index is 0.312. The van der Waals surface area contributed by atoms with Crippen LogP contribution in [0.4, 0.5) is 0 Å². The standard InChI is InChI=1S/C16H16BrNO2S/c17-14-9-16-15(19-11-20-16)8-12(14)10-18-6-7-21-13-4-2-1-3-5-13/h1-5,8-9,18H,6-7,10-11H2. The highest BCUT2D eigenvalue weighted by molar-refractivity contribution is 9.10. The molecule has 0 spiro atoms. The van der Waals surface area contributed by atoms with E-state index in [0.717, 1.165) is 34.8 Å². The number of thioether (sulfide) groups is 1. The van der Waals surface area contributed by atoms with Gasteiger partial charge in [0.25, 0.3) is 0 Å². The van der Waals surface area contributed by atoms with Crippen molar-refractivity contribution in [1.82, 2.24) is 5.32 Å². The first-order chi connectivity index (χ1) is 10.3. The van der Waals surface area contributed by atoms with Crippen LogP contribution in [0.15, 0.2) is 51.8 Å². The van der Waals surface area contributed by atoms with Gasteiger partial charge in [0.05, 0.1) is 0 Å². The van der Waals surface area contributed by atoms with Crippen LogP contribution in [0.25, 0.3) is 0 Å². The Morgan fingerprint density at radius 1 is 1.10 bits per heavy atom. The van der Waals surface area contributed by atoms with Gasteiger partial charge in [-0.2, -0.15) is 0 Å². The molecule has 0 saturated carbocycles. The van der Waals surface area contributed by atoms with E-state index in [1.807, 2.05) is 30.0 Å². The van der Waals surface area contributed by atoms with Crippen molar-refractivity contribution in [3.63, 3.8) is 0 Å². The van der Waals surface area contributed by atoms with Gasteiger partial charge in [0.15, 0.2) is 11.5 Å². The summed E-state index contributed by atoms with van der Waals surface area (Å²) in [5, 5.41) is 3.46. The molecule has 0 radical (unpaired) electrons. The molecule has 1 N–H and O–H groups in total. The van der Waals surface area contributed by atoms with Gasteiger partial charge >= 0.3 is 0 Å². The molecule has 0 saturated heterocycles. The van der Waals surface area contributed by atoms with Crippen molar-refractivity contribution in [2.24, 2.45) is 0 Å². The summed E-state index contributed by atoms with van der Waals surface area (Å²) in [6.07, 6.45) is 0. The molecule has 110 valence electrons. The van der Waals surface area contributed by atoms with Crippen LogP contribution in [0, 0.1) is 0 Å². The highest BCUT2D eigenvalue weighted by Gasteiger charge is 2.15. The van der Waals surface area contributed by atoms with E-state index >= 15 is 0 Å². The maximum Gasteiger partial charge on any atom is 0.231 e. The minimum atomic E-state index is 0.312. The van der Waals surface area contributed by atoms with Gasteiger partial charge in [-0.15, -0.1) is 11.8 Å². The summed E-state index contributed by atoms with van der Waals surface area (Å²) in [6.45, 7) is 2.08. The summed E-state index contributed by atoms with van der Waals surface area (Å²) in [4.78, 5) is 1.31. The molecule has 0 atom stereocenters. The molecule has 0 bridgehead atoms. The maximum atomic E-state index is 5.40. The van der Waals surface area contributed by atoms with Crippen molar-refractivity contribution in [3.8, 4) is 11.5 Å². The van der Waals surface area contributed by atoms with Crippen LogP contribution in [0.5, 0.6) is 11.5 Å². The second-order valence-corrected chi connectivity index (χ2v) is 6.66. The van der Waals surface area contributed by atoms with E-state index in [1.54, 1.807) is 0 Å². The molecule has 0 aromatic heterocycles. The molecular weight excluding hydrogens is 350 g/mol. The molecular formula is C16H16BrNO2S. The summed E-state index contributed by atoms with van der Waals surface area (Å²) < 4.78 is 11.8. The molecule has 1 aliphatic rings. The Morgan fingerprint density at radius 3 is 2.67 bits per heavy atom. The first kappa shape index (κ1) is 14.8. The molecule has 1 aliphatic heterocycles. The van der Waals surface area contributed by atoms with Gasteiger partial charge in [0, 0.05) is 28.2 Å². The fourth-order valence-electron chi connectivity index (χ4n) is 2.08. The first-order valence-corrected chi connectivity index (χ1v) is 8.57. The molecule has 21 heavy (non-hydrogen) atoms. The van der Waals surface area contributed by atoms with Crippen molar-refractivity contribution < 1.29 is 9.47 Å². The lowest BCUT2D eigenvalue weighted by Gasteiger charge is -2.08. The van der Waals surface area contributed by atoms with Crippen LogP contribution in [-0.4, -0.2) is 19.1 Å². The SMILES string of the molecule is Brc1cc2c(cc1CNCCSc1ccccc1)OCO2. The zero-order valence-electron chi connectivity index (χ0n) is 11.5. The minimum Gasteiger partial charge on any atom is -0.454 e. The molecule has 2 aromatic carbocycles. The van der Waals surface area contributed by atoms with Crippen molar-refractivity contribution in [2.75, 3.05) is 19.1 Å². The van der Waals surface area contributed by atoms with E-state index in [2.05, 4.69) is 45.5 Å². The van der Waals surface area contributed by atoms with Crippen molar-refractivity contribution in [2.45, 2.75) is 11.4 Å². The van der Waals surface area contributed by atoms with Gasteiger partial charge < -0.3 is 14.8 Å². The molecule has 0 aliphatic carbocycles. The smallest absolute Gasteiger partial charge is 0.231 e. The third-order valence-corrected chi connectivity index (χ3v) is 4.90. The molecule has 3 nitrogen and oxygen atoms in total. The Hall–Kier alpha value is -1.17. The number of nitrogens with one attached hydrogen (secondary N) is 1. The molecule has 3 rings (SSSR count). The quantitative estimate of drug-likeness (QED) is 0.617. The zero-order valence-corrected chi connectivity index (χ0v) is 13.9. The number of halogens is 1. The van der Waals surface area contributed by atoms with E-state index in [1.165, 1.54) is 10.5 Å². The molecule has 1 heterocycles. The van der Waals surface area contributed by atoms with E-state index in [0.29, 0.717) is 6.79 Å². The number of ether oxygens (including phenoxy) is 2. The van der Waals surface area contributed by atoms with E-state index in [4.69, 9.17) is 9.47 Å². The Kier molecular flexibility index (Phi) is 5.06. The van der Waals surface area contributed by atoms with Crippen molar-refractivity contribution >= 4 is 27.7 Å². The van der Waals surface area contributed by atoms with Crippen LogP contribution in [0.2, 0.25) is 0 Å². The average Bonchev–Trinajstić information content (AvgIpc) is 2.95. The van der Waals surface area contributed by atoms with Crippen LogP contribution >= 0.6 is 27.7 Å². The zero-order chi connectivity index (χ0) is 14.5. The first-order valence-electron chi connectivity index (χ1n) is 6.79. The summed E-state index contributed by atoms with van der Waals surface area (Å²) in [6, 6.07) is 14.5. The largest absolute Gasteiger partial charge is 0.454 e. The second kappa shape index (κ2) is 7.20. The van der Waals surface area contributed by atoms with E-state index in [9.17, 15) is 0 Å². The number of benzene rings is 2. The predicted molar refractivity (Wildman–Crippen MR) is 89.1 cm³/mol. The highest BCUT2D eigenvalue weighted by atomic mass is 79.9. The van der Waals surface area contributed by atoms with Crippen LogP contribution < -0.4 is 14.8 Å². The fraction of sp³-hybridized carbons (Fsp3) is 0.250. The van der Waals surface area contributed by atoms with Crippen molar-refractivity contribution in [3.05, 3.63) is 52.5 Å². The van der Waals surface area contributed by atoms with Crippen LogP contribution in [0.1, 0.15) is 5.56 Å². The van der Waals surface area contributed by atoms with Gasteiger partial charge in [-0.25, -0.2) is 0 Å². The average molecular weight is 366 g/mol. The lowest BCUT2D eigenvalue weighted by Crippen LogP contribution is -2.16. The molecule has 0 fully saturated rings. The molecule has 0 amide bonds. The van der Waals surface area contributed by atoms with Crippen molar-refractivity contribution in [1.29, 1.82) is 0 Å². The summed E-state index contributed by atoms with van der Waals surface area (Å²) in [5.41, 5.74) is 1.18. The lowest BCUT2D eigenvalue weighted by molar-refractivity contribution is 0.174. The number of fused-ring (bicyclic) bond motifs is 1. The monoisotopic (exact) mass is 365 g/mol. The predicted octanol–water partition coefficient (Wildman–Crippen LogP) is 4.06. The summed E-state index contributed by atoms with van der Waals surface area (Å²) >= 11 is 5.44. The van der Waals surface area contributed by atoms with Gasteiger partial charge in [0.2, 0.25) is 6.79 Å². The maximum absolute atomic E-state index is 5.40. The second-order valence-electron chi connectivity index (χ2n) is 4.64. The normalized spacial score (nSPS) is 12.6. The Morgan fingerprint density at radius 2 is 1.86 bits per heavy atom. The molecule has 5 heteroatoms. The third-order valence-electron chi connectivity index (χ3n) is 3.15. The number of hydrogen-bond acceptors (Lipinski definition) is 4. The summed E-state index contributed by atoms with van der Waals surface area (Å²) in [7, 11) is 0. The van der Waals surface area contributed by atoms with Crippen LogP contribution in [0.3, 0.4) is 0 Å². The van der Waals surface area contributed by atoms with Gasteiger partial charge in [0.1, 0.15) is 0 Å². The van der Waals surface area contributed by atoms with Gasteiger partial charge in [-0.05, 0) is 29.8 Å². The van der Waals surface area contributed by atoms with Crippen LogP contribution in [-0.2, 0) is 6.54 Å². The number of rotatable bonds is 6. The Bertz CT molecular complexity index is 607. The van der Waals surface area contributed by atoms with E-state index in [-0.39, 0.29) is 0 Å². The molecule has 0 unspecified atom stereocenters. The highest BCUT2D eigenvalue weighted by Crippen LogP contribution is 2.36. The molecule has 2 aromatic rings. The number of hydrogen-bond donors (Lipinski definition) is 1. The Labute approximate surface area is 137 Å². The van der Waals surface area contributed by atoms with Gasteiger partial charge in [-0.3, -0.25) is 0 Å².